The van der Waals surface area contributed by atoms with E-state index in [1.165, 1.54) is 11.1 Å². The van der Waals surface area contributed by atoms with E-state index in [4.69, 9.17) is 0 Å². The first kappa shape index (κ1) is 16.1. The van der Waals surface area contributed by atoms with E-state index in [0.29, 0.717) is 11.7 Å². The van der Waals surface area contributed by atoms with Crippen LogP contribution in [0.4, 0.5) is 0 Å². The lowest BCUT2D eigenvalue weighted by molar-refractivity contribution is 0.475. The molecule has 0 saturated heterocycles. The predicted octanol–water partition coefficient (Wildman–Crippen LogP) is 4.48. The highest BCUT2D eigenvalue weighted by Crippen LogP contribution is 2.24. The van der Waals surface area contributed by atoms with Crippen LogP contribution in [0.1, 0.15) is 30.4 Å². The number of hydrogen-bond donors (Lipinski definition) is 2. The van der Waals surface area contributed by atoms with Gasteiger partial charge in [-0.1, -0.05) is 47.1 Å². The molecular weight excluding hydrogens is 326 g/mol. The molecule has 3 heteroatoms. The number of rotatable bonds is 7. The molecule has 112 valence electrons. The number of nitrogens with one attached hydrogen (secondary N) is 1. The Kier molecular flexibility index (Phi) is 6.27. The van der Waals surface area contributed by atoms with Crippen LogP contribution < -0.4 is 5.32 Å². The maximum atomic E-state index is 9.40. The highest BCUT2D eigenvalue weighted by Gasteiger charge is 2.12. The Hall–Kier alpha value is -1.32. The summed E-state index contributed by atoms with van der Waals surface area (Å²) in [5.74, 6) is 0.750. The lowest BCUT2D eigenvalue weighted by Crippen LogP contribution is -2.23. The Bertz CT molecular complexity index is 553. The minimum absolute atomic E-state index is 0.321. The second-order valence-corrected chi connectivity index (χ2v) is 6.24. The normalized spacial score (nSPS) is 12.3. The van der Waals surface area contributed by atoms with Gasteiger partial charge in [-0.15, -0.1) is 0 Å². The zero-order valence-corrected chi connectivity index (χ0v) is 13.9. The summed E-state index contributed by atoms with van der Waals surface area (Å²) < 4.78 is 1.12. The fourth-order valence-electron chi connectivity index (χ4n) is 2.44. The Labute approximate surface area is 135 Å². The molecule has 0 heterocycles. The third-order valence-corrected chi connectivity index (χ3v) is 4.05. The number of halogens is 1. The van der Waals surface area contributed by atoms with Crippen molar-refractivity contribution in [2.45, 2.75) is 25.7 Å². The van der Waals surface area contributed by atoms with Crippen LogP contribution in [0.3, 0.4) is 0 Å². The monoisotopic (exact) mass is 347 g/mol. The van der Waals surface area contributed by atoms with Crippen LogP contribution in [0.2, 0.25) is 0 Å². The summed E-state index contributed by atoms with van der Waals surface area (Å²) in [6.07, 6.45) is 2.11. The van der Waals surface area contributed by atoms with Crippen LogP contribution >= 0.6 is 15.9 Å². The molecule has 2 N–H and O–H groups in total. The van der Waals surface area contributed by atoms with Gasteiger partial charge < -0.3 is 10.4 Å². The van der Waals surface area contributed by atoms with E-state index in [9.17, 15) is 5.11 Å². The predicted molar refractivity (Wildman–Crippen MR) is 91.9 cm³/mol. The molecule has 0 radical (unpaired) electrons. The second-order valence-electron chi connectivity index (χ2n) is 5.33. The molecule has 0 saturated carbocycles. The molecule has 2 aromatic carbocycles. The van der Waals surface area contributed by atoms with Crippen molar-refractivity contribution in [1.29, 1.82) is 0 Å². The zero-order valence-electron chi connectivity index (χ0n) is 12.3. The van der Waals surface area contributed by atoms with E-state index in [0.717, 1.165) is 30.4 Å². The highest BCUT2D eigenvalue weighted by molar-refractivity contribution is 9.10. The molecule has 0 amide bonds. The minimum atomic E-state index is 0.321. The molecule has 2 nitrogen and oxygen atoms in total. The first-order chi connectivity index (χ1) is 10.2. The topological polar surface area (TPSA) is 32.3 Å². The van der Waals surface area contributed by atoms with Crippen molar-refractivity contribution in [2.24, 2.45) is 0 Å². The lowest BCUT2D eigenvalue weighted by Gasteiger charge is -2.19. The van der Waals surface area contributed by atoms with Crippen LogP contribution in [-0.4, -0.2) is 18.2 Å². The highest BCUT2D eigenvalue weighted by atomic mass is 79.9. The van der Waals surface area contributed by atoms with E-state index in [-0.39, 0.29) is 0 Å². The Morgan fingerprint density at radius 3 is 2.57 bits per heavy atom. The quantitative estimate of drug-likeness (QED) is 0.723. The van der Waals surface area contributed by atoms with E-state index in [1.807, 2.05) is 12.1 Å². The Morgan fingerprint density at radius 1 is 1.14 bits per heavy atom. The van der Waals surface area contributed by atoms with Crippen LogP contribution in [0.5, 0.6) is 5.75 Å². The Balaban J connectivity index is 2.13. The van der Waals surface area contributed by atoms with Gasteiger partial charge in [0.25, 0.3) is 0 Å². The van der Waals surface area contributed by atoms with Gasteiger partial charge in [0.05, 0.1) is 0 Å². The van der Waals surface area contributed by atoms with Gasteiger partial charge in [0.2, 0.25) is 0 Å². The first-order valence-corrected chi connectivity index (χ1v) is 8.22. The van der Waals surface area contributed by atoms with Crippen LogP contribution in [0.15, 0.2) is 53.0 Å². The second kappa shape index (κ2) is 8.20. The average molecular weight is 348 g/mol. The summed E-state index contributed by atoms with van der Waals surface area (Å²) in [5, 5.41) is 12.9. The summed E-state index contributed by atoms with van der Waals surface area (Å²) >= 11 is 3.55. The van der Waals surface area contributed by atoms with Gasteiger partial charge in [0.15, 0.2) is 0 Å². The number of phenolic OH excluding ortho intramolecular Hbond substituents is 1. The van der Waals surface area contributed by atoms with Crippen molar-refractivity contribution in [1.82, 2.24) is 5.32 Å². The number of benzene rings is 2. The third-order valence-electron chi connectivity index (χ3n) is 3.56. The van der Waals surface area contributed by atoms with E-state index in [1.54, 1.807) is 12.1 Å². The van der Waals surface area contributed by atoms with Gasteiger partial charge in [0.1, 0.15) is 5.75 Å². The number of hydrogen-bond acceptors (Lipinski definition) is 2. The molecular formula is C18H22BrNO. The molecule has 2 aromatic rings. The first-order valence-electron chi connectivity index (χ1n) is 7.43. The minimum Gasteiger partial charge on any atom is -0.508 e. The van der Waals surface area contributed by atoms with Crippen molar-refractivity contribution < 1.29 is 5.11 Å². The summed E-state index contributed by atoms with van der Waals surface area (Å²) in [6.45, 7) is 4.19. The van der Waals surface area contributed by atoms with Crippen molar-refractivity contribution >= 4 is 15.9 Å². The van der Waals surface area contributed by atoms with Gasteiger partial charge >= 0.3 is 0 Å². The SMILES string of the molecule is CCCNCC(Cc1ccc(O)cc1)c1cccc(Br)c1. The molecule has 0 aliphatic carbocycles. The van der Waals surface area contributed by atoms with Crippen LogP contribution in [0, 0.1) is 0 Å². The van der Waals surface area contributed by atoms with E-state index in [2.05, 4.69) is 52.4 Å². The molecule has 0 aliphatic heterocycles. The molecule has 0 aromatic heterocycles. The molecule has 1 unspecified atom stereocenters. The number of phenols is 1. The number of aromatic hydroxyl groups is 1. The molecule has 0 spiro atoms. The molecule has 1 atom stereocenters. The van der Waals surface area contributed by atoms with Gasteiger partial charge in [-0.3, -0.25) is 0 Å². The van der Waals surface area contributed by atoms with Crippen molar-refractivity contribution in [2.75, 3.05) is 13.1 Å². The van der Waals surface area contributed by atoms with Crippen molar-refractivity contribution in [3.05, 3.63) is 64.1 Å². The molecule has 21 heavy (non-hydrogen) atoms. The summed E-state index contributed by atoms with van der Waals surface area (Å²) in [7, 11) is 0. The van der Waals surface area contributed by atoms with Crippen LogP contribution in [-0.2, 0) is 6.42 Å². The maximum Gasteiger partial charge on any atom is 0.115 e. The van der Waals surface area contributed by atoms with Gasteiger partial charge in [-0.25, -0.2) is 0 Å². The van der Waals surface area contributed by atoms with Crippen LogP contribution in [0.25, 0.3) is 0 Å². The van der Waals surface area contributed by atoms with E-state index < -0.39 is 0 Å². The van der Waals surface area contributed by atoms with Gasteiger partial charge in [0, 0.05) is 16.9 Å². The summed E-state index contributed by atoms with van der Waals surface area (Å²) in [6, 6.07) is 16.0. The fourth-order valence-corrected chi connectivity index (χ4v) is 2.85. The van der Waals surface area contributed by atoms with Gasteiger partial charge in [-0.05, 0) is 54.8 Å². The molecule has 0 fully saturated rings. The molecule has 2 rings (SSSR count). The third kappa shape index (κ3) is 5.18. The molecule has 0 bridgehead atoms. The van der Waals surface area contributed by atoms with E-state index >= 15 is 0 Å². The largest absolute Gasteiger partial charge is 0.508 e. The zero-order chi connectivity index (χ0) is 15.1. The summed E-state index contributed by atoms with van der Waals surface area (Å²) in [4.78, 5) is 0. The smallest absolute Gasteiger partial charge is 0.115 e. The van der Waals surface area contributed by atoms with Gasteiger partial charge in [-0.2, -0.15) is 0 Å². The lowest BCUT2D eigenvalue weighted by atomic mass is 9.92. The standard InChI is InChI=1S/C18H22BrNO/c1-2-10-20-13-16(15-4-3-5-17(19)12-15)11-14-6-8-18(21)9-7-14/h3-9,12,16,20-21H,2,10-11,13H2,1H3. The Morgan fingerprint density at radius 2 is 1.90 bits per heavy atom. The molecule has 0 aliphatic rings. The van der Waals surface area contributed by atoms with Crippen molar-refractivity contribution in [3.8, 4) is 5.75 Å². The summed E-state index contributed by atoms with van der Waals surface area (Å²) in [5.41, 5.74) is 2.58. The fraction of sp³-hybridized carbons (Fsp3) is 0.333. The average Bonchev–Trinajstić information content (AvgIpc) is 2.48. The maximum absolute atomic E-state index is 9.40. The van der Waals surface area contributed by atoms with Crippen molar-refractivity contribution in [3.63, 3.8) is 0 Å².